The van der Waals surface area contributed by atoms with Gasteiger partial charge in [0.2, 0.25) is 11.8 Å². The van der Waals surface area contributed by atoms with Gasteiger partial charge in [0.25, 0.3) is 0 Å². The van der Waals surface area contributed by atoms with Crippen molar-refractivity contribution in [3.63, 3.8) is 0 Å². The Morgan fingerprint density at radius 1 is 1.06 bits per heavy atom. The van der Waals surface area contributed by atoms with Gasteiger partial charge in [-0.2, -0.15) is 13.5 Å². The van der Waals surface area contributed by atoms with E-state index in [4.69, 9.17) is 4.18 Å². The van der Waals surface area contributed by atoms with Crippen LogP contribution >= 0.6 is 11.8 Å². The number of para-hydroxylation sites is 1. The van der Waals surface area contributed by atoms with Crippen molar-refractivity contribution < 1.29 is 26.6 Å². The van der Waals surface area contributed by atoms with E-state index in [-0.39, 0.29) is 22.2 Å². The van der Waals surface area contributed by atoms with E-state index in [2.05, 4.69) is 20.8 Å². The standard InChI is InChI=1S/C24H19FN4O5S2/c25-17-10-12-18(13-11-17)27-22(30)14-21-23(31)28-24(35-21)29-26-15-16-6-4-5-9-20(16)34-36(32,33)19-7-2-1-3-8-19/h1-13,15,21H,14H2,(H,27,30)(H,28,29,31)/b26-15-/t21-/m1/s1. The Bertz CT molecular complexity index is 1430. The summed E-state index contributed by atoms with van der Waals surface area (Å²) < 4.78 is 43.3. The molecule has 1 saturated heterocycles. The van der Waals surface area contributed by atoms with Gasteiger partial charge in [-0.1, -0.05) is 42.1 Å². The van der Waals surface area contributed by atoms with Crippen LogP contribution in [0.4, 0.5) is 10.1 Å². The normalized spacial score (nSPS) is 16.8. The Morgan fingerprint density at radius 3 is 2.50 bits per heavy atom. The van der Waals surface area contributed by atoms with Crippen molar-refractivity contribution in [2.24, 2.45) is 10.2 Å². The molecule has 12 heteroatoms. The smallest absolute Gasteiger partial charge is 0.339 e. The fourth-order valence-corrected chi connectivity index (χ4v) is 4.96. The molecule has 3 aromatic carbocycles. The van der Waals surface area contributed by atoms with Crippen LogP contribution in [-0.2, 0) is 19.7 Å². The zero-order chi connectivity index (χ0) is 25.5. The average Bonchev–Trinajstić information content (AvgIpc) is 3.20. The first kappa shape index (κ1) is 25.1. The number of carbonyl (C=O) groups is 2. The van der Waals surface area contributed by atoms with Crippen molar-refractivity contribution in [2.75, 3.05) is 5.32 Å². The minimum Gasteiger partial charge on any atom is -0.378 e. The number of carbonyl (C=O) groups excluding carboxylic acids is 2. The van der Waals surface area contributed by atoms with Crippen LogP contribution in [0.3, 0.4) is 0 Å². The maximum absolute atomic E-state index is 13.0. The molecule has 36 heavy (non-hydrogen) atoms. The second-order valence-corrected chi connectivity index (χ2v) is 10.1. The number of thioether (sulfide) groups is 1. The Kier molecular flexibility index (Phi) is 7.76. The molecule has 0 radical (unpaired) electrons. The maximum Gasteiger partial charge on any atom is 0.339 e. The highest BCUT2D eigenvalue weighted by atomic mass is 32.2. The maximum atomic E-state index is 13.0. The Hall–Kier alpha value is -4.03. The first-order valence-corrected chi connectivity index (χ1v) is 12.8. The van der Waals surface area contributed by atoms with Crippen LogP contribution in [0.15, 0.2) is 94.0 Å². The van der Waals surface area contributed by atoms with Crippen molar-refractivity contribution >= 4 is 50.8 Å². The van der Waals surface area contributed by atoms with Gasteiger partial charge in [0.15, 0.2) is 10.9 Å². The summed E-state index contributed by atoms with van der Waals surface area (Å²) in [4.78, 5) is 24.5. The lowest BCUT2D eigenvalue weighted by Gasteiger charge is -2.08. The fourth-order valence-electron chi connectivity index (χ4n) is 3.06. The van der Waals surface area contributed by atoms with E-state index >= 15 is 0 Å². The fraction of sp³-hybridized carbons (Fsp3) is 0.0833. The highest BCUT2D eigenvalue weighted by molar-refractivity contribution is 8.15. The number of rotatable bonds is 8. The molecule has 1 heterocycles. The number of hydrogen-bond donors (Lipinski definition) is 2. The monoisotopic (exact) mass is 526 g/mol. The molecular weight excluding hydrogens is 507 g/mol. The van der Waals surface area contributed by atoms with Gasteiger partial charge < -0.3 is 14.8 Å². The molecule has 1 atom stereocenters. The van der Waals surface area contributed by atoms with Gasteiger partial charge in [-0.15, -0.1) is 5.10 Å². The molecule has 1 aliphatic heterocycles. The van der Waals surface area contributed by atoms with E-state index in [0.717, 1.165) is 11.8 Å². The summed E-state index contributed by atoms with van der Waals surface area (Å²) in [6.07, 6.45) is 1.18. The minimum atomic E-state index is -4.04. The SMILES string of the molecule is O=C(C[C@H]1S/C(=N\N=C/c2ccccc2OS(=O)(=O)c2ccccc2)NC1=O)Nc1ccc(F)cc1. The van der Waals surface area contributed by atoms with E-state index in [1.807, 2.05) is 0 Å². The summed E-state index contributed by atoms with van der Waals surface area (Å²) in [5.74, 6) is -1.18. The van der Waals surface area contributed by atoms with Crippen LogP contribution in [0.1, 0.15) is 12.0 Å². The summed E-state index contributed by atoms with van der Waals surface area (Å²) >= 11 is 1.03. The van der Waals surface area contributed by atoms with Crippen molar-refractivity contribution in [3.8, 4) is 5.75 Å². The van der Waals surface area contributed by atoms with Crippen molar-refractivity contribution in [2.45, 2.75) is 16.6 Å². The van der Waals surface area contributed by atoms with Crippen molar-refractivity contribution in [1.82, 2.24) is 5.32 Å². The molecule has 0 bridgehead atoms. The van der Waals surface area contributed by atoms with E-state index < -0.39 is 33.0 Å². The van der Waals surface area contributed by atoms with Crippen molar-refractivity contribution in [3.05, 3.63) is 90.2 Å². The number of nitrogens with one attached hydrogen (secondary N) is 2. The molecule has 4 rings (SSSR count). The molecule has 9 nitrogen and oxygen atoms in total. The third-order valence-corrected chi connectivity index (χ3v) is 7.09. The lowest BCUT2D eigenvalue weighted by molar-refractivity contribution is -0.122. The molecular formula is C24H19FN4O5S2. The molecule has 1 aliphatic rings. The Labute approximate surface area is 210 Å². The summed E-state index contributed by atoms with van der Waals surface area (Å²) in [6.45, 7) is 0. The highest BCUT2D eigenvalue weighted by Crippen LogP contribution is 2.24. The number of halogens is 1. The van der Waals surface area contributed by atoms with E-state index in [1.54, 1.807) is 36.4 Å². The zero-order valence-corrected chi connectivity index (χ0v) is 20.1. The molecule has 0 unspecified atom stereocenters. The number of anilines is 1. The third-order valence-electron chi connectivity index (χ3n) is 4.77. The average molecular weight is 527 g/mol. The number of amides is 2. The molecule has 0 saturated carbocycles. The van der Waals surface area contributed by atoms with Gasteiger partial charge in [-0.3, -0.25) is 9.59 Å². The number of nitrogens with zero attached hydrogens (tertiary/aromatic N) is 2. The number of amidine groups is 1. The van der Waals surface area contributed by atoms with Crippen LogP contribution in [0.5, 0.6) is 5.75 Å². The van der Waals surface area contributed by atoms with Gasteiger partial charge in [-0.05, 0) is 48.5 Å². The molecule has 0 spiro atoms. The van der Waals surface area contributed by atoms with Crippen LogP contribution < -0.4 is 14.8 Å². The quantitative estimate of drug-likeness (QED) is 0.263. The van der Waals surface area contributed by atoms with Crippen LogP contribution in [0.25, 0.3) is 0 Å². The molecule has 0 aromatic heterocycles. The number of benzene rings is 3. The molecule has 1 fully saturated rings. The summed E-state index contributed by atoms with van der Waals surface area (Å²) in [5.41, 5.74) is 0.768. The molecule has 2 N–H and O–H groups in total. The first-order valence-electron chi connectivity index (χ1n) is 10.5. The molecule has 184 valence electrons. The largest absolute Gasteiger partial charge is 0.378 e. The minimum absolute atomic E-state index is 0.0107. The second kappa shape index (κ2) is 11.1. The zero-order valence-electron chi connectivity index (χ0n) is 18.5. The Morgan fingerprint density at radius 2 is 1.75 bits per heavy atom. The van der Waals surface area contributed by atoms with Crippen LogP contribution in [0.2, 0.25) is 0 Å². The van der Waals surface area contributed by atoms with E-state index in [0.29, 0.717) is 11.3 Å². The van der Waals surface area contributed by atoms with Gasteiger partial charge in [0.1, 0.15) is 16.0 Å². The van der Waals surface area contributed by atoms with Crippen LogP contribution in [0, 0.1) is 5.82 Å². The predicted molar refractivity (Wildman–Crippen MR) is 135 cm³/mol. The highest BCUT2D eigenvalue weighted by Gasteiger charge is 2.32. The molecule has 2 amide bonds. The molecule has 3 aromatic rings. The van der Waals surface area contributed by atoms with E-state index in [9.17, 15) is 22.4 Å². The van der Waals surface area contributed by atoms with Gasteiger partial charge in [-0.25, -0.2) is 4.39 Å². The first-order chi connectivity index (χ1) is 17.3. The summed E-state index contributed by atoms with van der Waals surface area (Å²) in [5, 5.41) is 12.5. The van der Waals surface area contributed by atoms with Gasteiger partial charge in [0.05, 0.1) is 6.21 Å². The molecule has 0 aliphatic carbocycles. The van der Waals surface area contributed by atoms with Crippen molar-refractivity contribution in [1.29, 1.82) is 0 Å². The predicted octanol–water partition coefficient (Wildman–Crippen LogP) is 3.54. The van der Waals surface area contributed by atoms with Gasteiger partial charge in [0, 0.05) is 17.7 Å². The second-order valence-electron chi connectivity index (χ2n) is 7.39. The summed E-state index contributed by atoms with van der Waals surface area (Å²) in [7, 11) is -4.04. The van der Waals surface area contributed by atoms with E-state index in [1.165, 1.54) is 48.7 Å². The van der Waals surface area contributed by atoms with Gasteiger partial charge >= 0.3 is 10.1 Å². The third kappa shape index (κ3) is 6.55. The Balaban J connectivity index is 1.38. The topological polar surface area (TPSA) is 126 Å². The lowest BCUT2D eigenvalue weighted by atomic mass is 10.2. The summed E-state index contributed by atoms with van der Waals surface area (Å²) in [6, 6.07) is 19.4. The van der Waals surface area contributed by atoms with Crippen LogP contribution in [-0.4, -0.2) is 36.9 Å². The number of hydrogen-bond acceptors (Lipinski definition) is 8. The lowest BCUT2D eigenvalue weighted by Crippen LogP contribution is -2.28.